The Hall–Kier alpha value is -0.860. The molecule has 0 aliphatic rings. The molecule has 0 unspecified atom stereocenters. The molecule has 2 N–H and O–H groups in total. The second kappa shape index (κ2) is 7.06. The molecule has 0 saturated heterocycles. The second-order valence-corrected chi connectivity index (χ2v) is 6.75. The van der Waals surface area contributed by atoms with Gasteiger partial charge in [0.05, 0.1) is 0 Å². The summed E-state index contributed by atoms with van der Waals surface area (Å²) in [6, 6.07) is 9.03. The SMILES string of the molecule is CC(C)c1ccc(CCN(C)CC(C)(C)CN)cc1. The minimum atomic E-state index is 0.205. The van der Waals surface area contributed by atoms with Gasteiger partial charge in [-0.1, -0.05) is 52.0 Å². The molecule has 0 fully saturated rings. The lowest BCUT2D eigenvalue weighted by Gasteiger charge is -2.29. The Balaban J connectivity index is 2.44. The lowest BCUT2D eigenvalue weighted by Crippen LogP contribution is -2.37. The summed E-state index contributed by atoms with van der Waals surface area (Å²) in [4.78, 5) is 2.38. The van der Waals surface area contributed by atoms with Crippen LogP contribution < -0.4 is 5.73 Å². The van der Waals surface area contributed by atoms with Crippen LogP contribution >= 0.6 is 0 Å². The molecule has 19 heavy (non-hydrogen) atoms. The van der Waals surface area contributed by atoms with E-state index in [1.54, 1.807) is 0 Å². The van der Waals surface area contributed by atoms with Gasteiger partial charge in [0.25, 0.3) is 0 Å². The number of nitrogens with two attached hydrogens (primary N) is 1. The van der Waals surface area contributed by atoms with E-state index < -0.39 is 0 Å². The zero-order chi connectivity index (χ0) is 14.5. The molecule has 0 aliphatic carbocycles. The molecule has 0 saturated carbocycles. The summed E-state index contributed by atoms with van der Waals surface area (Å²) in [5.74, 6) is 0.613. The molecule has 0 amide bonds. The number of hydrogen-bond acceptors (Lipinski definition) is 2. The minimum absolute atomic E-state index is 0.205. The van der Waals surface area contributed by atoms with Crippen molar-refractivity contribution in [3.63, 3.8) is 0 Å². The van der Waals surface area contributed by atoms with Crippen molar-refractivity contribution < 1.29 is 0 Å². The Kier molecular flexibility index (Phi) is 6.02. The summed E-state index contributed by atoms with van der Waals surface area (Å²) in [7, 11) is 2.18. The molecule has 0 spiro atoms. The monoisotopic (exact) mass is 262 g/mol. The third-order valence-electron chi connectivity index (χ3n) is 3.68. The number of hydrogen-bond donors (Lipinski definition) is 1. The summed E-state index contributed by atoms with van der Waals surface area (Å²) in [6.07, 6.45) is 1.11. The van der Waals surface area contributed by atoms with Gasteiger partial charge in [0, 0.05) is 13.1 Å². The van der Waals surface area contributed by atoms with Crippen molar-refractivity contribution in [2.45, 2.75) is 40.0 Å². The highest BCUT2D eigenvalue weighted by atomic mass is 15.1. The largest absolute Gasteiger partial charge is 0.330 e. The molecule has 1 aromatic carbocycles. The van der Waals surface area contributed by atoms with Gasteiger partial charge < -0.3 is 10.6 Å². The van der Waals surface area contributed by atoms with E-state index in [4.69, 9.17) is 5.73 Å². The molecule has 0 radical (unpaired) electrons. The van der Waals surface area contributed by atoms with Crippen LogP contribution in [0.2, 0.25) is 0 Å². The molecular formula is C17H30N2. The maximum Gasteiger partial charge on any atom is 0.00418 e. The van der Waals surface area contributed by atoms with Crippen molar-refractivity contribution in [1.82, 2.24) is 4.90 Å². The van der Waals surface area contributed by atoms with Gasteiger partial charge in [-0.25, -0.2) is 0 Å². The molecule has 0 bridgehead atoms. The molecule has 2 heteroatoms. The van der Waals surface area contributed by atoms with Crippen LogP contribution in [0, 0.1) is 5.41 Å². The maximum atomic E-state index is 5.78. The Morgan fingerprint density at radius 2 is 1.74 bits per heavy atom. The zero-order valence-electron chi connectivity index (χ0n) is 13.2. The first-order valence-corrected chi connectivity index (χ1v) is 7.31. The average Bonchev–Trinajstić information content (AvgIpc) is 2.36. The fourth-order valence-electron chi connectivity index (χ4n) is 2.26. The maximum absolute atomic E-state index is 5.78. The first-order valence-electron chi connectivity index (χ1n) is 7.31. The topological polar surface area (TPSA) is 29.3 Å². The zero-order valence-corrected chi connectivity index (χ0v) is 13.2. The van der Waals surface area contributed by atoms with Crippen LogP contribution in [0.15, 0.2) is 24.3 Å². The first kappa shape index (κ1) is 16.2. The minimum Gasteiger partial charge on any atom is -0.330 e. The highest BCUT2D eigenvalue weighted by molar-refractivity contribution is 5.24. The van der Waals surface area contributed by atoms with Gasteiger partial charge in [0.1, 0.15) is 0 Å². The van der Waals surface area contributed by atoms with Gasteiger partial charge >= 0.3 is 0 Å². The quantitative estimate of drug-likeness (QED) is 0.817. The van der Waals surface area contributed by atoms with Crippen LogP contribution in [0.4, 0.5) is 0 Å². The van der Waals surface area contributed by atoms with Gasteiger partial charge in [-0.15, -0.1) is 0 Å². The fourth-order valence-corrected chi connectivity index (χ4v) is 2.26. The highest BCUT2D eigenvalue weighted by Crippen LogP contribution is 2.16. The van der Waals surface area contributed by atoms with Gasteiger partial charge in [-0.2, -0.15) is 0 Å². The Bertz CT molecular complexity index is 365. The predicted octanol–water partition coefficient (Wildman–Crippen LogP) is 3.27. The van der Waals surface area contributed by atoms with Crippen molar-refractivity contribution >= 4 is 0 Å². The summed E-state index contributed by atoms with van der Waals surface area (Å²) < 4.78 is 0. The standard InChI is InChI=1S/C17H30N2/c1-14(2)16-8-6-15(7-9-16)10-11-19(5)13-17(3,4)12-18/h6-9,14H,10-13,18H2,1-5H3. The molecule has 0 atom stereocenters. The first-order chi connectivity index (χ1) is 8.84. The van der Waals surface area contributed by atoms with E-state index in [1.807, 2.05) is 0 Å². The van der Waals surface area contributed by atoms with E-state index in [9.17, 15) is 0 Å². The molecule has 2 nitrogen and oxygen atoms in total. The van der Waals surface area contributed by atoms with Gasteiger partial charge in [0.2, 0.25) is 0 Å². The molecule has 0 aromatic heterocycles. The van der Waals surface area contributed by atoms with Crippen LogP contribution in [0.3, 0.4) is 0 Å². The van der Waals surface area contributed by atoms with Crippen molar-refractivity contribution in [1.29, 1.82) is 0 Å². The Labute approximate surface area is 119 Å². The van der Waals surface area contributed by atoms with Crippen LogP contribution in [-0.2, 0) is 6.42 Å². The van der Waals surface area contributed by atoms with Gasteiger partial charge in [-0.05, 0) is 42.5 Å². The number of rotatable bonds is 7. The van der Waals surface area contributed by atoms with Crippen molar-refractivity contribution in [3.8, 4) is 0 Å². The van der Waals surface area contributed by atoms with Crippen molar-refractivity contribution in [2.75, 3.05) is 26.7 Å². The number of benzene rings is 1. The molecule has 0 heterocycles. The third-order valence-corrected chi connectivity index (χ3v) is 3.68. The molecule has 1 aromatic rings. The third kappa shape index (κ3) is 5.75. The number of nitrogens with zero attached hydrogens (tertiary/aromatic N) is 1. The molecular weight excluding hydrogens is 232 g/mol. The summed E-state index contributed by atoms with van der Waals surface area (Å²) in [5.41, 5.74) is 8.82. The highest BCUT2D eigenvalue weighted by Gasteiger charge is 2.17. The van der Waals surface area contributed by atoms with Crippen LogP contribution in [0.5, 0.6) is 0 Å². The molecule has 1 rings (SSSR count). The van der Waals surface area contributed by atoms with Crippen molar-refractivity contribution in [3.05, 3.63) is 35.4 Å². The van der Waals surface area contributed by atoms with Crippen LogP contribution in [0.25, 0.3) is 0 Å². The van der Waals surface area contributed by atoms with E-state index >= 15 is 0 Å². The van der Waals surface area contributed by atoms with E-state index in [1.165, 1.54) is 11.1 Å². The molecule has 0 aliphatic heterocycles. The molecule has 108 valence electrons. The van der Waals surface area contributed by atoms with E-state index in [-0.39, 0.29) is 5.41 Å². The van der Waals surface area contributed by atoms with E-state index in [0.717, 1.165) is 26.1 Å². The lowest BCUT2D eigenvalue weighted by molar-refractivity contribution is 0.218. The summed E-state index contributed by atoms with van der Waals surface area (Å²) >= 11 is 0. The lowest BCUT2D eigenvalue weighted by atomic mass is 9.93. The summed E-state index contributed by atoms with van der Waals surface area (Å²) in [5, 5.41) is 0. The van der Waals surface area contributed by atoms with Crippen LogP contribution in [0.1, 0.15) is 44.7 Å². The second-order valence-electron chi connectivity index (χ2n) is 6.75. The van der Waals surface area contributed by atoms with Gasteiger partial charge in [-0.3, -0.25) is 0 Å². The average molecular weight is 262 g/mol. The fraction of sp³-hybridized carbons (Fsp3) is 0.647. The van der Waals surface area contributed by atoms with Gasteiger partial charge in [0.15, 0.2) is 0 Å². The van der Waals surface area contributed by atoms with E-state index in [0.29, 0.717) is 5.92 Å². The summed E-state index contributed by atoms with van der Waals surface area (Å²) in [6.45, 7) is 11.8. The Morgan fingerprint density at radius 1 is 1.16 bits per heavy atom. The predicted molar refractivity (Wildman–Crippen MR) is 84.6 cm³/mol. The Morgan fingerprint density at radius 3 is 2.21 bits per heavy atom. The van der Waals surface area contributed by atoms with Crippen molar-refractivity contribution in [2.24, 2.45) is 11.1 Å². The number of likely N-dealkylation sites (N-methyl/N-ethyl adjacent to an activating group) is 1. The normalized spacial score (nSPS) is 12.4. The van der Waals surface area contributed by atoms with Crippen LogP contribution in [-0.4, -0.2) is 31.6 Å². The smallest absolute Gasteiger partial charge is 0.00418 e. The van der Waals surface area contributed by atoms with E-state index in [2.05, 4.69) is 63.9 Å².